The fourth-order valence-corrected chi connectivity index (χ4v) is 2.82. The third-order valence-electron chi connectivity index (χ3n) is 4.07. The van der Waals surface area contributed by atoms with Gasteiger partial charge in [0.1, 0.15) is 23.4 Å². The van der Waals surface area contributed by atoms with E-state index >= 15 is 0 Å². The molecule has 23 heavy (non-hydrogen) atoms. The molecule has 0 radical (unpaired) electrons. The number of hydrogen-bond donors (Lipinski definition) is 5. The van der Waals surface area contributed by atoms with Crippen LogP contribution >= 0.6 is 0 Å². The van der Waals surface area contributed by atoms with Gasteiger partial charge in [-0.25, -0.2) is 0 Å². The molecule has 0 fully saturated rings. The van der Waals surface area contributed by atoms with Crippen LogP contribution in [-0.4, -0.2) is 31.6 Å². The summed E-state index contributed by atoms with van der Waals surface area (Å²) in [4.78, 5) is 0. The number of phenols is 4. The van der Waals surface area contributed by atoms with Crippen molar-refractivity contribution in [2.24, 2.45) is 0 Å². The Morgan fingerprint density at radius 3 is 2.43 bits per heavy atom. The van der Waals surface area contributed by atoms with Gasteiger partial charge in [-0.05, 0) is 18.2 Å². The van der Waals surface area contributed by atoms with E-state index in [0.29, 0.717) is 11.1 Å². The molecule has 0 bridgehead atoms. The van der Waals surface area contributed by atoms with Gasteiger partial charge in [0, 0.05) is 29.7 Å². The van der Waals surface area contributed by atoms with Gasteiger partial charge in [0.25, 0.3) is 0 Å². The second kappa shape index (κ2) is 5.10. The van der Waals surface area contributed by atoms with E-state index in [9.17, 15) is 25.5 Å². The average molecular weight is 316 g/mol. The van der Waals surface area contributed by atoms with Crippen molar-refractivity contribution in [1.29, 1.82) is 0 Å². The highest BCUT2D eigenvalue weighted by atomic mass is 16.5. The minimum atomic E-state index is -1.39. The van der Waals surface area contributed by atoms with Gasteiger partial charge >= 0.3 is 0 Å². The predicted octanol–water partition coefficient (Wildman–Crippen LogP) is 1.89. The number of hydrogen-bond acceptors (Lipinski definition) is 6. The summed E-state index contributed by atoms with van der Waals surface area (Å²) in [5, 5.41) is 49.2. The molecule has 0 aromatic heterocycles. The number of ether oxygens (including phenoxy) is 1. The molecule has 0 saturated carbocycles. The molecule has 0 spiro atoms. The first-order chi connectivity index (χ1) is 10.9. The van der Waals surface area contributed by atoms with Gasteiger partial charge in [-0.2, -0.15) is 0 Å². The Bertz CT molecular complexity index is 785. The Kier molecular flexibility index (Phi) is 3.34. The summed E-state index contributed by atoms with van der Waals surface area (Å²) in [6.45, 7) is 3.70. The van der Waals surface area contributed by atoms with Crippen molar-refractivity contribution in [3.8, 4) is 28.7 Å². The number of benzene rings is 2. The molecule has 0 amide bonds. The fraction of sp³-hybridized carbons (Fsp3) is 0.176. The first kappa shape index (κ1) is 15.1. The third-order valence-corrected chi connectivity index (χ3v) is 4.07. The largest absolute Gasteiger partial charge is 0.508 e. The molecule has 0 saturated heterocycles. The van der Waals surface area contributed by atoms with Crippen LogP contribution < -0.4 is 4.74 Å². The van der Waals surface area contributed by atoms with Crippen LogP contribution in [0.25, 0.3) is 0 Å². The van der Waals surface area contributed by atoms with Crippen molar-refractivity contribution in [2.45, 2.75) is 18.1 Å². The van der Waals surface area contributed by atoms with Crippen molar-refractivity contribution >= 4 is 0 Å². The van der Waals surface area contributed by atoms with E-state index in [-0.39, 0.29) is 35.2 Å². The molecule has 6 heteroatoms. The Morgan fingerprint density at radius 1 is 1.04 bits per heavy atom. The normalized spacial score (nSPS) is 22.9. The summed E-state index contributed by atoms with van der Waals surface area (Å²) < 4.78 is 5.84. The smallest absolute Gasteiger partial charge is 0.178 e. The van der Waals surface area contributed by atoms with Gasteiger partial charge in [-0.1, -0.05) is 12.6 Å². The molecule has 120 valence electrons. The number of fused-ring (bicyclic) bond motifs is 1. The zero-order valence-corrected chi connectivity index (χ0v) is 12.1. The lowest BCUT2D eigenvalue weighted by Gasteiger charge is -2.40. The molecule has 2 unspecified atom stereocenters. The number of aromatic hydroxyl groups is 4. The lowest BCUT2D eigenvalue weighted by atomic mass is 9.82. The van der Waals surface area contributed by atoms with Crippen LogP contribution in [0.15, 0.2) is 43.0 Å². The number of rotatable bonds is 2. The maximum absolute atomic E-state index is 10.6. The van der Waals surface area contributed by atoms with Crippen LogP contribution in [0.2, 0.25) is 0 Å². The second-order valence-corrected chi connectivity index (χ2v) is 5.46. The molecule has 1 aliphatic heterocycles. The molecule has 0 aliphatic carbocycles. The summed E-state index contributed by atoms with van der Waals surface area (Å²) in [6, 6.07) is 6.55. The van der Waals surface area contributed by atoms with Crippen LogP contribution in [0.5, 0.6) is 28.7 Å². The minimum Gasteiger partial charge on any atom is -0.508 e. The van der Waals surface area contributed by atoms with Crippen LogP contribution in [0.4, 0.5) is 0 Å². The second-order valence-electron chi connectivity index (χ2n) is 5.46. The predicted molar refractivity (Wildman–Crippen MR) is 81.8 cm³/mol. The molecule has 2 aromatic carbocycles. The Labute approximate surface area is 132 Å². The summed E-state index contributed by atoms with van der Waals surface area (Å²) in [6.07, 6.45) is 0.356. The molecule has 2 atom stereocenters. The van der Waals surface area contributed by atoms with Crippen molar-refractivity contribution in [1.82, 2.24) is 0 Å². The van der Waals surface area contributed by atoms with Crippen LogP contribution in [0.1, 0.15) is 11.1 Å². The molecular weight excluding hydrogens is 300 g/mol. The number of aliphatic hydroxyl groups excluding tert-OH is 1. The van der Waals surface area contributed by atoms with E-state index in [2.05, 4.69) is 6.58 Å². The highest BCUT2D eigenvalue weighted by molar-refractivity contribution is 5.54. The van der Waals surface area contributed by atoms with Gasteiger partial charge in [0.15, 0.2) is 17.1 Å². The van der Waals surface area contributed by atoms with Gasteiger partial charge in [0.2, 0.25) is 0 Å². The quantitative estimate of drug-likeness (QED) is 0.427. The van der Waals surface area contributed by atoms with E-state index in [1.54, 1.807) is 0 Å². The van der Waals surface area contributed by atoms with Crippen molar-refractivity contribution < 1.29 is 30.3 Å². The summed E-state index contributed by atoms with van der Waals surface area (Å²) in [5.74, 6) is -0.798. The average Bonchev–Trinajstić information content (AvgIpc) is 2.50. The Morgan fingerprint density at radius 2 is 1.78 bits per heavy atom. The Hall–Kier alpha value is -2.86. The molecule has 2 aromatic rings. The lowest BCUT2D eigenvalue weighted by Crippen LogP contribution is -2.47. The standard InChI is InChI=1S/C17H16O6/c1-2-17(9-3-4-12(19)14(21)5-9)16(22)8-11-13(20)6-10(18)7-15(11)23-17/h2-7,16,18-22H,1,8H2. The monoisotopic (exact) mass is 316 g/mol. The van der Waals surface area contributed by atoms with Crippen LogP contribution in [0, 0.1) is 0 Å². The van der Waals surface area contributed by atoms with E-state index in [0.717, 1.165) is 0 Å². The summed E-state index contributed by atoms with van der Waals surface area (Å²) in [5.41, 5.74) is -0.641. The number of phenolic OH excluding ortho intramolecular Hbond substituents is 4. The van der Waals surface area contributed by atoms with Crippen molar-refractivity contribution in [2.75, 3.05) is 0 Å². The molecule has 1 aliphatic rings. The van der Waals surface area contributed by atoms with Gasteiger partial charge in [-0.3, -0.25) is 0 Å². The third kappa shape index (κ3) is 2.24. The molecule has 1 heterocycles. The topological polar surface area (TPSA) is 110 Å². The summed E-state index contributed by atoms with van der Waals surface area (Å²) >= 11 is 0. The minimum absolute atomic E-state index is 0.0646. The van der Waals surface area contributed by atoms with Gasteiger partial charge < -0.3 is 30.3 Å². The first-order valence-electron chi connectivity index (χ1n) is 6.95. The van der Waals surface area contributed by atoms with Crippen LogP contribution in [0.3, 0.4) is 0 Å². The molecule has 3 rings (SSSR count). The van der Waals surface area contributed by atoms with E-state index in [4.69, 9.17) is 4.74 Å². The fourth-order valence-electron chi connectivity index (χ4n) is 2.82. The van der Waals surface area contributed by atoms with E-state index < -0.39 is 11.7 Å². The Balaban J connectivity index is 2.15. The van der Waals surface area contributed by atoms with Crippen molar-refractivity contribution in [3.05, 3.63) is 54.1 Å². The molecular formula is C17H16O6. The van der Waals surface area contributed by atoms with Crippen LogP contribution in [-0.2, 0) is 12.0 Å². The van der Waals surface area contributed by atoms with E-state index in [1.165, 1.54) is 36.4 Å². The lowest BCUT2D eigenvalue weighted by molar-refractivity contribution is -0.0380. The van der Waals surface area contributed by atoms with Crippen molar-refractivity contribution in [3.63, 3.8) is 0 Å². The first-order valence-corrected chi connectivity index (χ1v) is 6.95. The molecule has 5 N–H and O–H groups in total. The number of aliphatic hydroxyl groups is 1. The SMILES string of the molecule is C=CC1(c2ccc(O)c(O)c2)Oc2cc(O)cc(O)c2CC1O. The molecule has 6 nitrogen and oxygen atoms in total. The zero-order chi connectivity index (χ0) is 16.8. The zero-order valence-electron chi connectivity index (χ0n) is 12.1. The van der Waals surface area contributed by atoms with E-state index in [1.807, 2.05) is 0 Å². The highest BCUT2D eigenvalue weighted by Gasteiger charge is 2.44. The van der Waals surface area contributed by atoms with Gasteiger partial charge in [0.05, 0.1) is 0 Å². The maximum atomic E-state index is 10.6. The van der Waals surface area contributed by atoms with Gasteiger partial charge in [-0.15, -0.1) is 0 Å². The maximum Gasteiger partial charge on any atom is 0.178 e. The summed E-state index contributed by atoms with van der Waals surface area (Å²) in [7, 11) is 0. The highest BCUT2D eigenvalue weighted by Crippen LogP contribution is 2.46.